The molecule has 0 aromatic carbocycles. The van der Waals surface area contributed by atoms with Crippen LogP contribution in [0.4, 0.5) is 5.82 Å². The van der Waals surface area contributed by atoms with E-state index in [1.165, 1.54) is 13.3 Å². The fourth-order valence-electron chi connectivity index (χ4n) is 1.08. The highest BCUT2D eigenvalue weighted by Gasteiger charge is 2.12. The van der Waals surface area contributed by atoms with Crippen LogP contribution in [-0.2, 0) is 4.74 Å². The Bertz CT molecular complexity index is 372. The van der Waals surface area contributed by atoms with Crippen molar-refractivity contribution in [3.63, 3.8) is 0 Å². The number of carbonyl (C=O) groups excluding carboxylic acids is 1. The standard InChI is InChI=1S/C11H16N2O3/c1-11(2,15)7-13-9-6-8(4-5-12-9)10(14)16-3/h4-6,15H,7H2,1-3H3,(H,12,13). The minimum Gasteiger partial charge on any atom is -0.465 e. The molecule has 5 nitrogen and oxygen atoms in total. The summed E-state index contributed by atoms with van der Waals surface area (Å²) in [5, 5.41) is 12.5. The Morgan fingerprint density at radius 3 is 2.88 bits per heavy atom. The molecule has 0 saturated carbocycles. The lowest BCUT2D eigenvalue weighted by atomic mass is 10.1. The van der Waals surface area contributed by atoms with Gasteiger partial charge in [-0.25, -0.2) is 9.78 Å². The van der Waals surface area contributed by atoms with E-state index >= 15 is 0 Å². The topological polar surface area (TPSA) is 71.5 Å². The molecule has 1 heterocycles. The van der Waals surface area contributed by atoms with E-state index < -0.39 is 11.6 Å². The Labute approximate surface area is 94.5 Å². The summed E-state index contributed by atoms with van der Waals surface area (Å²) in [4.78, 5) is 15.3. The molecule has 0 unspecified atom stereocenters. The second kappa shape index (κ2) is 4.94. The normalized spacial score (nSPS) is 11.0. The number of ether oxygens (including phenoxy) is 1. The van der Waals surface area contributed by atoms with Gasteiger partial charge in [0, 0.05) is 12.7 Å². The van der Waals surface area contributed by atoms with Crippen LogP contribution in [0.25, 0.3) is 0 Å². The maximum absolute atomic E-state index is 11.2. The summed E-state index contributed by atoms with van der Waals surface area (Å²) in [6.07, 6.45) is 1.51. The summed E-state index contributed by atoms with van der Waals surface area (Å²) in [6, 6.07) is 3.15. The lowest BCUT2D eigenvalue weighted by Crippen LogP contribution is -2.29. The van der Waals surface area contributed by atoms with E-state index in [-0.39, 0.29) is 0 Å². The molecule has 0 amide bonds. The van der Waals surface area contributed by atoms with Crippen LogP contribution in [0.1, 0.15) is 24.2 Å². The SMILES string of the molecule is COC(=O)c1ccnc(NCC(C)(C)O)c1. The van der Waals surface area contributed by atoms with Gasteiger partial charge in [-0.1, -0.05) is 0 Å². The first-order valence-electron chi connectivity index (χ1n) is 4.93. The van der Waals surface area contributed by atoms with Gasteiger partial charge in [0.1, 0.15) is 5.82 Å². The second-order valence-corrected chi connectivity index (χ2v) is 4.09. The van der Waals surface area contributed by atoms with Crippen molar-refractivity contribution in [1.82, 2.24) is 4.98 Å². The molecule has 2 N–H and O–H groups in total. The maximum Gasteiger partial charge on any atom is 0.338 e. The Morgan fingerprint density at radius 2 is 2.31 bits per heavy atom. The summed E-state index contributed by atoms with van der Waals surface area (Å²) < 4.78 is 4.59. The number of aromatic nitrogens is 1. The van der Waals surface area contributed by atoms with Gasteiger partial charge in [0.05, 0.1) is 18.3 Å². The zero-order valence-corrected chi connectivity index (χ0v) is 9.65. The molecule has 0 saturated heterocycles. The van der Waals surface area contributed by atoms with Crippen molar-refractivity contribution in [3.8, 4) is 0 Å². The summed E-state index contributed by atoms with van der Waals surface area (Å²) in [7, 11) is 1.33. The van der Waals surface area contributed by atoms with Crippen molar-refractivity contribution in [2.24, 2.45) is 0 Å². The van der Waals surface area contributed by atoms with Gasteiger partial charge in [-0.05, 0) is 26.0 Å². The minimum atomic E-state index is -0.830. The van der Waals surface area contributed by atoms with Crippen LogP contribution < -0.4 is 5.32 Å². The van der Waals surface area contributed by atoms with Gasteiger partial charge in [-0.3, -0.25) is 0 Å². The number of hydrogen-bond donors (Lipinski definition) is 2. The lowest BCUT2D eigenvalue weighted by Gasteiger charge is -2.18. The average Bonchev–Trinajstić information content (AvgIpc) is 2.25. The molecule has 0 aliphatic rings. The van der Waals surface area contributed by atoms with Gasteiger partial charge in [0.2, 0.25) is 0 Å². The fourth-order valence-corrected chi connectivity index (χ4v) is 1.08. The molecule has 0 aliphatic carbocycles. The van der Waals surface area contributed by atoms with Crippen molar-refractivity contribution in [1.29, 1.82) is 0 Å². The van der Waals surface area contributed by atoms with E-state index in [0.717, 1.165) is 0 Å². The number of hydrogen-bond acceptors (Lipinski definition) is 5. The largest absolute Gasteiger partial charge is 0.465 e. The first-order chi connectivity index (χ1) is 7.42. The van der Waals surface area contributed by atoms with Crippen LogP contribution in [0.2, 0.25) is 0 Å². The molecule has 0 bridgehead atoms. The van der Waals surface area contributed by atoms with Crippen LogP contribution >= 0.6 is 0 Å². The average molecular weight is 224 g/mol. The third kappa shape index (κ3) is 3.86. The summed E-state index contributed by atoms with van der Waals surface area (Å²) in [6.45, 7) is 3.72. The predicted molar refractivity (Wildman–Crippen MR) is 60.4 cm³/mol. The molecule has 0 spiro atoms. The van der Waals surface area contributed by atoms with E-state index in [0.29, 0.717) is 17.9 Å². The summed E-state index contributed by atoms with van der Waals surface area (Å²) in [5.74, 6) is 0.124. The highest BCUT2D eigenvalue weighted by Crippen LogP contribution is 2.09. The maximum atomic E-state index is 11.2. The van der Waals surface area contributed by atoms with E-state index in [9.17, 15) is 9.90 Å². The molecule has 88 valence electrons. The number of anilines is 1. The number of carbonyl (C=O) groups is 1. The van der Waals surface area contributed by atoms with Crippen LogP contribution in [0.3, 0.4) is 0 Å². The highest BCUT2D eigenvalue weighted by atomic mass is 16.5. The highest BCUT2D eigenvalue weighted by molar-refractivity contribution is 5.89. The third-order valence-electron chi connectivity index (χ3n) is 1.88. The molecule has 16 heavy (non-hydrogen) atoms. The molecule has 1 aromatic rings. The van der Waals surface area contributed by atoms with Gasteiger partial charge in [-0.15, -0.1) is 0 Å². The Morgan fingerprint density at radius 1 is 1.62 bits per heavy atom. The monoisotopic (exact) mass is 224 g/mol. The predicted octanol–water partition coefficient (Wildman–Crippen LogP) is 1.05. The third-order valence-corrected chi connectivity index (χ3v) is 1.88. The molecule has 0 aliphatic heterocycles. The summed E-state index contributed by atoms with van der Waals surface area (Å²) >= 11 is 0. The smallest absolute Gasteiger partial charge is 0.338 e. The first kappa shape index (κ1) is 12.4. The van der Waals surface area contributed by atoms with Crippen LogP contribution in [0, 0.1) is 0 Å². The zero-order chi connectivity index (χ0) is 12.2. The van der Waals surface area contributed by atoms with Crippen LogP contribution in [0.15, 0.2) is 18.3 Å². The molecular weight excluding hydrogens is 208 g/mol. The zero-order valence-electron chi connectivity index (χ0n) is 9.65. The van der Waals surface area contributed by atoms with E-state index in [2.05, 4.69) is 15.0 Å². The molecule has 5 heteroatoms. The number of pyridine rings is 1. The molecule has 1 aromatic heterocycles. The van der Waals surface area contributed by atoms with Crippen molar-refractivity contribution in [2.45, 2.75) is 19.4 Å². The second-order valence-electron chi connectivity index (χ2n) is 4.09. The summed E-state index contributed by atoms with van der Waals surface area (Å²) in [5.41, 5.74) is -0.404. The number of esters is 1. The number of methoxy groups -OCH3 is 1. The molecule has 0 radical (unpaired) electrons. The van der Waals surface area contributed by atoms with Crippen LogP contribution in [-0.4, -0.2) is 35.3 Å². The Kier molecular flexibility index (Phi) is 3.84. The Hall–Kier alpha value is -1.62. The fraction of sp³-hybridized carbons (Fsp3) is 0.455. The van der Waals surface area contributed by atoms with Crippen molar-refractivity contribution in [2.75, 3.05) is 19.0 Å². The van der Waals surface area contributed by atoms with Gasteiger partial charge in [0.15, 0.2) is 0 Å². The van der Waals surface area contributed by atoms with Gasteiger partial charge in [-0.2, -0.15) is 0 Å². The first-order valence-corrected chi connectivity index (χ1v) is 4.93. The van der Waals surface area contributed by atoms with Gasteiger partial charge < -0.3 is 15.2 Å². The van der Waals surface area contributed by atoms with Crippen molar-refractivity contribution < 1.29 is 14.6 Å². The van der Waals surface area contributed by atoms with Crippen molar-refractivity contribution >= 4 is 11.8 Å². The Balaban J connectivity index is 2.71. The molecule has 0 atom stereocenters. The minimum absolute atomic E-state index is 0.352. The molecule has 0 fully saturated rings. The van der Waals surface area contributed by atoms with Crippen molar-refractivity contribution in [3.05, 3.63) is 23.9 Å². The van der Waals surface area contributed by atoms with E-state index in [1.54, 1.807) is 26.0 Å². The quantitative estimate of drug-likeness (QED) is 0.748. The van der Waals surface area contributed by atoms with E-state index in [4.69, 9.17) is 0 Å². The van der Waals surface area contributed by atoms with Gasteiger partial charge >= 0.3 is 5.97 Å². The number of nitrogens with zero attached hydrogens (tertiary/aromatic N) is 1. The van der Waals surface area contributed by atoms with Gasteiger partial charge in [0.25, 0.3) is 0 Å². The number of nitrogens with one attached hydrogen (secondary N) is 1. The number of aliphatic hydroxyl groups is 1. The lowest BCUT2D eigenvalue weighted by molar-refractivity contribution is 0.0600. The number of rotatable bonds is 4. The molecule has 1 rings (SSSR count). The van der Waals surface area contributed by atoms with E-state index in [1.807, 2.05) is 0 Å². The molecular formula is C11H16N2O3. The van der Waals surface area contributed by atoms with Crippen LogP contribution in [0.5, 0.6) is 0 Å².